The van der Waals surface area contributed by atoms with E-state index in [0.717, 1.165) is 0 Å². The molecule has 6 nitrogen and oxygen atoms in total. The Balaban J connectivity index is 2.43. The van der Waals surface area contributed by atoms with Gasteiger partial charge in [0.1, 0.15) is 11.5 Å². The molecule has 112 valence electrons. The van der Waals surface area contributed by atoms with Crippen molar-refractivity contribution < 1.29 is 17.9 Å². The molecule has 0 aliphatic rings. The van der Waals surface area contributed by atoms with Gasteiger partial charge in [0, 0.05) is 18.3 Å². The van der Waals surface area contributed by atoms with Crippen molar-refractivity contribution in [1.29, 1.82) is 0 Å². The molecular formula is C13H13ClN2O4S. The molecule has 0 aliphatic carbocycles. The third kappa shape index (κ3) is 3.37. The van der Waals surface area contributed by atoms with Gasteiger partial charge < -0.3 is 9.47 Å². The second-order valence-electron chi connectivity index (χ2n) is 3.96. The van der Waals surface area contributed by atoms with Gasteiger partial charge in [-0.15, -0.1) is 0 Å². The zero-order valence-electron chi connectivity index (χ0n) is 11.3. The second-order valence-corrected chi connectivity index (χ2v) is 6.00. The molecule has 1 heterocycles. The molecule has 0 unspecified atom stereocenters. The van der Waals surface area contributed by atoms with Gasteiger partial charge in [0.2, 0.25) is 0 Å². The number of benzene rings is 1. The molecule has 0 atom stereocenters. The maximum atomic E-state index is 12.3. The minimum absolute atomic E-state index is 0.0963. The van der Waals surface area contributed by atoms with Crippen LogP contribution in [0.3, 0.4) is 0 Å². The van der Waals surface area contributed by atoms with E-state index in [0.29, 0.717) is 10.8 Å². The van der Waals surface area contributed by atoms with Crippen molar-refractivity contribution in [2.45, 2.75) is 5.03 Å². The van der Waals surface area contributed by atoms with Gasteiger partial charge in [-0.1, -0.05) is 17.7 Å². The van der Waals surface area contributed by atoms with Crippen LogP contribution in [-0.2, 0) is 10.0 Å². The van der Waals surface area contributed by atoms with Crippen LogP contribution in [0.15, 0.2) is 41.6 Å². The molecule has 1 N–H and O–H groups in total. The molecule has 2 aromatic rings. The summed E-state index contributed by atoms with van der Waals surface area (Å²) in [5.41, 5.74) is 0.212. The number of rotatable bonds is 5. The summed E-state index contributed by atoms with van der Waals surface area (Å²) in [4.78, 5) is 3.81. The lowest BCUT2D eigenvalue weighted by Crippen LogP contribution is -2.15. The molecule has 0 spiro atoms. The highest BCUT2D eigenvalue weighted by atomic mass is 35.5. The molecule has 0 fully saturated rings. The van der Waals surface area contributed by atoms with Crippen molar-refractivity contribution in [2.75, 3.05) is 18.9 Å². The molecular weight excluding hydrogens is 316 g/mol. The highest BCUT2D eigenvalue weighted by Gasteiger charge is 2.19. The van der Waals surface area contributed by atoms with Gasteiger partial charge in [0.25, 0.3) is 10.0 Å². The highest BCUT2D eigenvalue weighted by molar-refractivity contribution is 7.92. The molecule has 2 rings (SSSR count). The summed E-state index contributed by atoms with van der Waals surface area (Å²) in [5.74, 6) is 0.608. The van der Waals surface area contributed by atoms with E-state index >= 15 is 0 Å². The van der Waals surface area contributed by atoms with Crippen molar-refractivity contribution in [3.05, 3.63) is 41.6 Å². The first-order valence-corrected chi connectivity index (χ1v) is 7.69. The molecule has 0 aliphatic heterocycles. The fourth-order valence-corrected chi connectivity index (χ4v) is 2.89. The lowest BCUT2D eigenvalue weighted by atomic mass is 10.3. The lowest BCUT2D eigenvalue weighted by molar-refractivity contribution is 0.405. The number of aromatic nitrogens is 1. The van der Waals surface area contributed by atoms with Gasteiger partial charge in [0.15, 0.2) is 5.03 Å². The summed E-state index contributed by atoms with van der Waals surface area (Å²) in [6.07, 6.45) is 1.40. The Morgan fingerprint density at radius 1 is 1.14 bits per heavy atom. The van der Waals surface area contributed by atoms with Gasteiger partial charge in [-0.25, -0.2) is 4.98 Å². The van der Waals surface area contributed by atoms with Crippen LogP contribution in [0.4, 0.5) is 5.69 Å². The Morgan fingerprint density at radius 3 is 2.43 bits per heavy atom. The molecule has 0 saturated heterocycles. The van der Waals surface area contributed by atoms with Crippen molar-refractivity contribution in [3.63, 3.8) is 0 Å². The Kier molecular flexibility index (Phi) is 4.54. The van der Waals surface area contributed by atoms with Crippen LogP contribution in [0, 0.1) is 0 Å². The van der Waals surface area contributed by atoms with Crippen LogP contribution in [0.25, 0.3) is 0 Å². The van der Waals surface area contributed by atoms with E-state index in [1.54, 1.807) is 12.1 Å². The summed E-state index contributed by atoms with van der Waals surface area (Å²) in [5, 5.41) is 0.219. The van der Waals surface area contributed by atoms with Crippen molar-refractivity contribution in [2.24, 2.45) is 0 Å². The van der Waals surface area contributed by atoms with E-state index in [1.165, 1.54) is 38.6 Å². The third-order valence-electron chi connectivity index (χ3n) is 2.63. The maximum Gasteiger partial charge on any atom is 0.279 e. The largest absolute Gasteiger partial charge is 0.495 e. The van der Waals surface area contributed by atoms with Gasteiger partial charge in [-0.2, -0.15) is 8.42 Å². The number of anilines is 1. The molecule has 1 aromatic heterocycles. The summed E-state index contributed by atoms with van der Waals surface area (Å²) in [6.45, 7) is 0. The predicted octanol–water partition coefficient (Wildman–Crippen LogP) is 2.55. The van der Waals surface area contributed by atoms with Crippen LogP contribution in [0.2, 0.25) is 5.02 Å². The smallest absolute Gasteiger partial charge is 0.279 e. The Morgan fingerprint density at radius 2 is 1.86 bits per heavy atom. The van der Waals surface area contributed by atoms with E-state index in [1.807, 2.05) is 0 Å². The van der Waals surface area contributed by atoms with Crippen LogP contribution in [0.1, 0.15) is 0 Å². The molecule has 0 amide bonds. The van der Waals surface area contributed by atoms with E-state index in [9.17, 15) is 8.42 Å². The first-order chi connectivity index (χ1) is 9.97. The van der Waals surface area contributed by atoms with Crippen LogP contribution in [0.5, 0.6) is 11.5 Å². The average molecular weight is 329 g/mol. The van der Waals surface area contributed by atoms with Crippen LogP contribution < -0.4 is 14.2 Å². The minimum Gasteiger partial charge on any atom is -0.495 e. The lowest BCUT2D eigenvalue weighted by Gasteiger charge is -2.13. The van der Waals surface area contributed by atoms with E-state index in [4.69, 9.17) is 21.1 Å². The number of halogens is 1. The summed E-state index contributed by atoms with van der Waals surface area (Å²) < 4.78 is 37.1. The average Bonchev–Trinajstić information content (AvgIpc) is 2.49. The SMILES string of the molecule is COc1cc(NS(=O)(=O)c2ccccn2)c(OC)cc1Cl. The van der Waals surface area contributed by atoms with Crippen LogP contribution in [-0.4, -0.2) is 27.6 Å². The Labute approximate surface area is 127 Å². The monoisotopic (exact) mass is 328 g/mol. The van der Waals surface area contributed by atoms with Gasteiger partial charge >= 0.3 is 0 Å². The molecule has 8 heteroatoms. The van der Waals surface area contributed by atoms with E-state index in [2.05, 4.69) is 9.71 Å². The van der Waals surface area contributed by atoms with E-state index < -0.39 is 10.0 Å². The third-order valence-corrected chi connectivity index (χ3v) is 4.21. The number of sulfonamides is 1. The molecule has 0 saturated carbocycles. The molecule has 1 aromatic carbocycles. The number of pyridine rings is 1. The molecule has 21 heavy (non-hydrogen) atoms. The van der Waals surface area contributed by atoms with Gasteiger partial charge in [-0.3, -0.25) is 4.72 Å². The van der Waals surface area contributed by atoms with Crippen molar-refractivity contribution in [3.8, 4) is 11.5 Å². The first kappa shape index (κ1) is 15.4. The number of methoxy groups -OCH3 is 2. The molecule has 0 bridgehead atoms. The Hall–Kier alpha value is -1.99. The maximum absolute atomic E-state index is 12.3. The standard InChI is InChI=1S/C13H13ClN2O4S/c1-19-11-8-10(12(20-2)7-9(11)14)16-21(17,18)13-5-3-4-6-15-13/h3-8,16H,1-2H3. The highest BCUT2D eigenvalue weighted by Crippen LogP contribution is 2.36. The van der Waals surface area contributed by atoms with Crippen molar-refractivity contribution >= 4 is 27.3 Å². The number of nitrogens with one attached hydrogen (secondary N) is 1. The zero-order chi connectivity index (χ0) is 15.5. The number of hydrogen-bond acceptors (Lipinski definition) is 5. The number of ether oxygens (including phenoxy) is 2. The first-order valence-electron chi connectivity index (χ1n) is 5.83. The van der Waals surface area contributed by atoms with E-state index in [-0.39, 0.29) is 16.5 Å². The topological polar surface area (TPSA) is 77.5 Å². The van der Waals surface area contributed by atoms with Crippen LogP contribution >= 0.6 is 11.6 Å². The zero-order valence-corrected chi connectivity index (χ0v) is 12.9. The Bertz CT molecular complexity index is 735. The fraction of sp³-hybridized carbons (Fsp3) is 0.154. The summed E-state index contributed by atoms with van der Waals surface area (Å²) in [7, 11) is -0.975. The summed E-state index contributed by atoms with van der Waals surface area (Å²) >= 11 is 5.97. The summed E-state index contributed by atoms with van der Waals surface area (Å²) in [6, 6.07) is 7.52. The molecule has 0 radical (unpaired) electrons. The van der Waals surface area contributed by atoms with Gasteiger partial charge in [-0.05, 0) is 12.1 Å². The number of nitrogens with zero attached hydrogens (tertiary/aromatic N) is 1. The quantitative estimate of drug-likeness (QED) is 0.912. The minimum atomic E-state index is -3.82. The van der Waals surface area contributed by atoms with Gasteiger partial charge in [0.05, 0.1) is 24.9 Å². The normalized spacial score (nSPS) is 11.0. The van der Waals surface area contributed by atoms with Crippen molar-refractivity contribution in [1.82, 2.24) is 4.98 Å². The number of hydrogen-bond donors (Lipinski definition) is 1. The second kappa shape index (κ2) is 6.19. The predicted molar refractivity (Wildman–Crippen MR) is 79.6 cm³/mol. The fourth-order valence-electron chi connectivity index (χ4n) is 1.64.